The molecule has 4 heteroatoms. The molecule has 0 aromatic heterocycles. The van der Waals surface area contributed by atoms with Crippen molar-refractivity contribution in [3.05, 3.63) is 59.5 Å². The van der Waals surface area contributed by atoms with Crippen molar-refractivity contribution < 1.29 is 4.79 Å². The van der Waals surface area contributed by atoms with Gasteiger partial charge in [-0.25, -0.2) is 0 Å². The second kappa shape index (κ2) is 7.41. The number of amides is 1. The van der Waals surface area contributed by atoms with Gasteiger partial charge in [0.25, 0.3) is 5.91 Å². The first-order valence-corrected chi connectivity index (χ1v) is 7.83. The van der Waals surface area contributed by atoms with Gasteiger partial charge < -0.3 is 0 Å². The van der Waals surface area contributed by atoms with Gasteiger partial charge in [0.15, 0.2) is 0 Å². The van der Waals surface area contributed by atoms with E-state index in [-0.39, 0.29) is 5.91 Å². The maximum Gasteiger partial charge on any atom is 0.265 e. The smallest absolute Gasteiger partial charge is 0.265 e. The number of carbonyl (C=O) groups excluding carboxylic acids is 1. The zero-order chi connectivity index (χ0) is 14.4. The summed E-state index contributed by atoms with van der Waals surface area (Å²) in [6.45, 7) is 4.30. The number of carbonyl (C=O) groups is 1. The normalized spacial score (nSPS) is 17.0. The van der Waals surface area contributed by atoms with Crippen molar-refractivity contribution in [2.75, 3.05) is 6.54 Å². The van der Waals surface area contributed by atoms with Gasteiger partial charge >= 0.3 is 0 Å². The van der Waals surface area contributed by atoms with Gasteiger partial charge in [0.05, 0.1) is 4.91 Å². The van der Waals surface area contributed by atoms with E-state index < -0.39 is 0 Å². The van der Waals surface area contributed by atoms with Gasteiger partial charge in [-0.15, -0.1) is 6.58 Å². The van der Waals surface area contributed by atoms with Gasteiger partial charge in [-0.2, -0.15) is 0 Å². The van der Waals surface area contributed by atoms with Crippen molar-refractivity contribution in [3.8, 4) is 0 Å². The van der Waals surface area contributed by atoms with Crippen LogP contribution in [0.5, 0.6) is 0 Å². The molecule has 0 bridgehead atoms. The highest BCUT2D eigenvalue weighted by Crippen LogP contribution is 2.31. The molecule has 1 aliphatic rings. The van der Waals surface area contributed by atoms with Crippen molar-refractivity contribution in [2.24, 2.45) is 0 Å². The summed E-state index contributed by atoms with van der Waals surface area (Å²) in [5, 5.41) is 0. The zero-order valence-corrected chi connectivity index (χ0v) is 12.9. The maximum atomic E-state index is 12.2. The minimum absolute atomic E-state index is 0.0370. The van der Waals surface area contributed by atoms with Gasteiger partial charge in [0.1, 0.15) is 4.32 Å². The van der Waals surface area contributed by atoms with Crippen molar-refractivity contribution >= 4 is 34.2 Å². The van der Waals surface area contributed by atoms with Gasteiger partial charge in [-0.1, -0.05) is 66.5 Å². The lowest BCUT2D eigenvalue weighted by atomic mass is 10.1. The van der Waals surface area contributed by atoms with Gasteiger partial charge in [-0.05, 0) is 24.8 Å². The third-order valence-corrected chi connectivity index (χ3v) is 4.46. The number of hydrogen-bond donors (Lipinski definition) is 0. The van der Waals surface area contributed by atoms with Crippen LogP contribution >= 0.6 is 24.0 Å². The highest BCUT2D eigenvalue weighted by atomic mass is 32.2. The number of nitrogens with zero attached hydrogens (tertiary/aromatic N) is 1. The summed E-state index contributed by atoms with van der Waals surface area (Å²) in [5.74, 6) is 0.0370. The second-order valence-electron chi connectivity index (χ2n) is 4.49. The van der Waals surface area contributed by atoms with Crippen LogP contribution in [0.15, 0.2) is 54.0 Å². The van der Waals surface area contributed by atoms with E-state index in [9.17, 15) is 4.79 Å². The first-order valence-electron chi connectivity index (χ1n) is 6.61. The molecule has 2 rings (SSSR count). The Labute approximate surface area is 129 Å². The minimum atomic E-state index is 0.0370. The Hall–Kier alpha value is -1.39. The molecule has 0 radical (unpaired) electrons. The van der Waals surface area contributed by atoms with E-state index in [1.165, 1.54) is 17.3 Å². The number of benzene rings is 1. The minimum Gasteiger partial charge on any atom is -0.293 e. The zero-order valence-electron chi connectivity index (χ0n) is 11.2. The molecular formula is C16H17NOS2. The topological polar surface area (TPSA) is 20.3 Å². The number of thiocarbonyl (C=S) groups is 1. The van der Waals surface area contributed by atoms with Crippen LogP contribution in [-0.4, -0.2) is 21.7 Å². The van der Waals surface area contributed by atoms with Crippen LogP contribution in [-0.2, 0) is 11.2 Å². The molecule has 1 heterocycles. The van der Waals surface area contributed by atoms with Gasteiger partial charge in [0.2, 0.25) is 0 Å². The lowest BCUT2D eigenvalue weighted by molar-refractivity contribution is -0.122. The van der Waals surface area contributed by atoms with Crippen LogP contribution in [0, 0.1) is 0 Å². The number of allylic oxidation sites excluding steroid dienone is 1. The second-order valence-corrected chi connectivity index (χ2v) is 6.17. The molecule has 0 atom stereocenters. The van der Waals surface area contributed by atoms with Crippen molar-refractivity contribution in [1.29, 1.82) is 0 Å². The molecule has 104 valence electrons. The fraction of sp³-hybridized carbons (Fsp3) is 0.250. The quantitative estimate of drug-likeness (QED) is 0.451. The molecular weight excluding hydrogens is 286 g/mol. The molecule has 1 fully saturated rings. The molecule has 1 amide bonds. The van der Waals surface area contributed by atoms with Crippen LogP contribution in [0.25, 0.3) is 0 Å². The summed E-state index contributed by atoms with van der Waals surface area (Å²) < 4.78 is 0.655. The fourth-order valence-corrected chi connectivity index (χ4v) is 3.28. The third kappa shape index (κ3) is 3.81. The highest BCUT2D eigenvalue weighted by molar-refractivity contribution is 8.26. The summed E-state index contributed by atoms with van der Waals surface area (Å²) >= 11 is 6.65. The van der Waals surface area contributed by atoms with E-state index in [4.69, 9.17) is 12.2 Å². The molecule has 0 saturated carbocycles. The third-order valence-electron chi connectivity index (χ3n) is 3.04. The summed E-state index contributed by atoms with van der Waals surface area (Å²) in [7, 11) is 0. The van der Waals surface area contributed by atoms with E-state index >= 15 is 0 Å². The lowest BCUT2D eigenvalue weighted by Crippen LogP contribution is -2.28. The average molecular weight is 303 g/mol. The SMILES string of the molecule is C=CCCN1C(=O)/C(=C/CCc2ccccc2)SC1=S. The molecule has 0 N–H and O–H groups in total. The molecule has 1 aromatic rings. The number of aryl methyl sites for hydroxylation is 1. The van der Waals surface area contributed by atoms with Gasteiger partial charge in [0, 0.05) is 6.54 Å². The Kier molecular flexibility index (Phi) is 5.56. The summed E-state index contributed by atoms with van der Waals surface area (Å²) in [5.41, 5.74) is 1.28. The largest absolute Gasteiger partial charge is 0.293 e. The number of thioether (sulfide) groups is 1. The van der Waals surface area contributed by atoms with E-state index in [2.05, 4.69) is 18.7 Å². The van der Waals surface area contributed by atoms with Gasteiger partial charge in [-0.3, -0.25) is 9.69 Å². The van der Waals surface area contributed by atoms with Crippen LogP contribution in [0.3, 0.4) is 0 Å². The predicted octanol–water partition coefficient (Wildman–Crippen LogP) is 3.94. The van der Waals surface area contributed by atoms with Crippen LogP contribution in [0.1, 0.15) is 18.4 Å². The fourth-order valence-electron chi connectivity index (χ4n) is 1.97. The summed E-state index contributed by atoms with van der Waals surface area (Å²) in [6.07, 6.45) is 6.37. The molecule has 1 aromatic carbocycles. The average Bonchev–Trinajstić information content (AvgIpc) is 2.73. The van der Waals surface area contributed by atoms with Crippen molar-refractivity contribution in [3.63, 3.8) is 0 Å². The molecule has 1 aliphatic heterocycles. The lowest BCUT2D eigenvalue weighted by Gasteiger charge is -2.12. The Balaban J connectivity index is 1.92. The molecule has 2 nitrogen and oxygen atoms in total. The Morgan fingerprint density at radius 3 is 2.70 bits per heavy atom. The number of rotatable bonds is 6. The van der Waals surface area contributed by atoms with E-state index in [0.29, 0.717) is 10.9 Å². The first-order chi connectivity index (χ1) is 9.72. The predicted molar refractivity (Wildman–Crippen MR) is 89.6 cm³/mol. The van der Waals surface area contributed by atoms with Crippen LogP contribution < -0.4 is 0 Å². The van der Waals surface area contributed by atoms with Crippen molar-refractivity contribution in [2.45, 2.75) is 19.3 Å². The Morgan fingerprint density at radius 2 is 2.00 bits per heavy atom. The first kappa shape index (κ1) is 15.0. The summed E-state index contributed by atoms with van der Waals surface area (Å²) in [6, 6.07) is 10.3. The maximum absolute atomic E-state index is 12.2. The monoisotopic (exact) mass is 303 g/mol. The van der Waals surface area contributed by atoms with Crippen molar-refractivity contribution in [1.82, 2.24) is 4.90 Å². The molecule has 20 heavy (non-hydrogen) atoms. The molecule has 0 aliphatic carbocycles. The van der Waals surface area contributed by atoms with E-state index in [1.807, 2.05) is 24.3 Å². The molecule has 1 saturated heterocycles. The molecule has 0 spiro atoms. The van der Waals surface area contributed by atoms with E-state index in [1.54, 1.807) is 11.0 Å². The number of hydrogen-bond acceptors (Lipinski definition) is 3. The highest BCUT2D eigenvalue weighted by Gasteiger charge is 2.30. The van der Waals surface area contributed by atoms with Crippen LogP contribution in [0.2, 0.25) is 0 Å². The van der Waals surface area contributed by atoms with E-state index in [0.717, 1.165) is 24.2 Å². The Morgan fingerprint density at radius 1 is 1.25 bits per heavy atom. The standard InChI is InChI=1S/C16H17NOS2/c1-2-3-12-17-15(18)14(20-16(17)19)11-7-10-13-8-5-4-6-9-13/h2,4-6,8-9,11H,1,3,7,10,12H2/b14-11-. The van der Waals surface area contributed by atoms with Crippen LogP contribution in [0.4, 0.5) is 0 Å². The molecule has 0 unspecified atom stereocenters. The Bertz CT molecular complexity index is 537. The summed E-state index contributed by atoms with van der Waals surface area (Å²) in [4.78, 5) is 14.6.